The normalized spacial score (nSPS) is 10.2. The Morgan fingerprint density at radius 1 is 1.38 bits per heavy atom. The molecule has 0 aliphatic carbocycles. The van der Waals surface area contributed by atoms with Crippen molar-refractivity contribution in [2.45, 2.75) is 6.54 Å². The molecule has 0 aliphatic heterocycles. The summed E-state index contributed by atoms with van der Waals surface area (Å²) >= 11 is 0. The van der Waals surface area contributed by atoms with Gasteiger partial charge in [-0.1, -0.05) is 18.2 Å². The number of benzene rings is 1. The second kappa shape index (κ2) is 6.79. The third-order valence-corrected chi connectivity index (χ3v) is 3.31. The van der Waals surface area contributed by atoms with E-state index in [1.165, 1.54) is 0 Å². The second-order valence-electron chi connectivity index (χ2n) is 4.83. The number of ether oxygens (including phenoxy) is 1. The van der Waals surface area contributed by atoms with Crippen LogP contribution in [-0.4, -0.2) is 29.0 Å². The number of carbonyl (C=O) groups excluding carboxylic acids is 1. The van der Waals surface area contributed by atoms with Gasteiger partial charge < -0.3 is 14.2 Å². The van der Waals surface area contributed by atoms with E-state index < -0.39 is 0 Å². The fourth-order valence-electron chi connectivity index (χ4n) is 2.21. The quantitative estimate of drug-likeness (QED) is 0.764. The van der Waals surface area contributed by atoms with Gasteiger partial charge in [-0.2, -0.15) is 0 Å². The summed E-state index contributed by atoms with van der Waals surface area (Å²) in [6, 6.07) is 11.4. The monoisotopic (exact) mass is 284 g/mol. The average molecular weight is 284 g/mol. The highest BCUT2D eigenvalue weighted by molar-refractivity contribution is 5.92. The fraction of sp³-hybridized carbons (Fsp3) is 0.235. The van der Waals surface area contributed by atoms with Crippen LogP contribution in [0.25, 0.3) is 0 Å². The summed E-state index contributed by atoms with van der Waals surface area (Å²) in [7, 11) is 3.50. The number of aryl methyl sites for hydroxylation is 1. The van der Waals surface area contributed by atoms with Gasteiger partial charge >= 0.3 is 0 Å². The molecule has 0 atom stereocenters. The molecule has 4 heteroatoms. The van der Waals surface area contributed by atoms with Crippen LogP contribution >= 0.6 is 0 Å². The summed E-state index contributed by atoms with van der Waals surface area (Å²) in [6.45, 7) is 4.76. The summed E-state index contributed by atoms with van der Waals surface area (Å²) in [5.41, 5.74) is 1.69. The number of carbonyl (C=O) groups is 1. The SMILES string of the molecule is C=CCN(Cc1cccc(OC)c1)C(=O)c1cccn1C. The first kappa shape index (κ1) is 14.9. The largest absolute Gasteiger partial charge is 0.497 e. The van der Waals surface area contributed by atoms with Crippen LogP contribution in [0.4, 0.5) is 0 Å². The van der Waals surface area contributed by atoms with Crippen LogP contribution in [-0.2, 0) is 13.6 Å². The van der Waals surface area contributed by atoms with Crippen molar-refractivity contribution in [3.8, 4) is 5.75 Å². The maximum Gasteiger partial charge on any atom is 0.271 e. The van der Waals surface area contributed by atoms with Gasteiger partial charge in [-0.15, -0.1) is 6.58 Å². The molecule has 1 aromatic heterocycles. The Hall–Kier alpha value is -2.49. The van der Waals surface area contributed by atoms with Gasteiger partial charge in [0, 0.05) is 26.3 Å². The molecular weight excluding hydrogens is 264 g/mol. The van der Waals surface area contributed by atoms with E-state index >= 15 is 0 Å². The Morgan fingerprint density at radius 3 is 2.81 bits per heavy atom. The molecule has 0 N–H and O–H groups in total. The molecule has 2 aromatic rings. The minimum absolute atomic E-state index is 0.00906. The topological polar surface area (TPSA) is 34.5 Å². The summed E-state index contributed by atoms with van der Waals surface area (Å²) < 4.78 is 7.04. The van der Waals surface area contributed by atoms with E-state index in [2.05, 4.69) is 6.58 Å². The van der Waals surface area contributed by atoms with Gasteiger partial charge in [-0.05, 0) is 29.8 Å². The maximum atomic E-state index is 12.6. The van der Waals surface area contributed by atoms with Gasteiger partial charge in [0.05, 0.1) is 7.11 Å². The molecular formula is C17H20N2O2. The first-order valence-corrected chi connectivity index (χ1v) is 6.80. The number of amides is 1. The van der Waals surface area contributed by atoms with Gasteiger partial charge in [-0.25, -0.2) is 0 Å². The number of aromatic nitrogens is 1. The third-order valence-electron chi connectivity index (χ3n) is 3.31. The first-order valence-electron chi connectivity index (χ1n) is 6.80. The van der Waals surface area contributed by atoms with Crippen molar-refractivity contribution < 1.29 is 9.53 Å². The minimum atomic E-state index is -0.00906. The fourth-order valence-corrected chi connectivity index (χ4v) is 2.21. The lowest BCUT2D eigenvalue weighted by Crippen LogP contribution is -2.31. The summed E-state index contributed by atoms with van der Waals surface area (Å²) in [5, 5.41) is 0. The number of rotatable bonds is 6. The van der Waals surface area contributed by atoms with Crippen molar-refractivity contribution in [2.75, 3.05) is 13.7 Å². The molecule has 1 amide bonds. The Morgan fingerprint density at radius 2 is 2.19 bits per heavy atom. The summed E-state index contributed by atoms with van der Waals surface area (Å²) in [6.07, 6.45) is 3.60. The Kier molecular flexibility index (Phi) is 4.82. The van der Waals surface area contributed by atoms with E-state index in [1.54, 1.807) is 18.1 Å². The standard InChI is InChI=1S/C17H20N2O2/c1-4-10-19(17(20)16-9-6-11-18(16)2)13-14-7-5-8-15(12-14)21-3/h4-9,11-12H,1,10,13H2,2-3H3. The molecule has 1 heterocycles. The van der Waals surface area contributed by atoms with Gasteiger partial charge in [0.15, 0.2) is 0 Å². The van der Waals surface area contributed by atoms with Crippen LogP contribution in [0.1, 0.15) is 16.1 Å². The van der Waals surface area contributed by atoms with E-state index in [0.717, 1.165) is 11.3 Å². The van der Waals surface area contributed by atoms with Crippen LogP contribution in [0.15, 0.2) is 55.3 Å². The molecule has 4 nitrogen and oxygen atoms in total. The van der Waals surface area contributed by atoms with Crippen LogP contribution in [0.3, 0.4) is 0 Å². The lowest BCUT2D eigenvalue weighted by Gasteiger charge is -2.21. The van der Waals surface area contributed by atoms with Crippen molar-refractivity contribution in [1.82, 2.24) is 9.47 Å². The lowest BCUT2D eigenvalue weighted by atomic mass is 10.2. The predicted octanol–water partition coefficient (Wildman–Crippen LogP) is 2.86. The zero-order valence-corrected chi connectivity index (χ0v) is 12.5. The van der Waals surface area contributed by atoms with Gasteiger partial charge in [0.25, 0.3) is 5.91 Å². The Bertz CT molecular complexity index is 631. The van der Waals surface area contributed by atoms with Crippen LogP contribution in [0.5, 0.6) is 5.75 Å². The van der Waals surface area contributed by atoms with Gasteiger partial charge in [-0.3, -0.25) is 4.79 Å². The van der Waals surface area contributed by atoms with Gasteiger partial charge in [0.1, 0.15) is 11.4 Å². The molecule has 0 spiro atoms. The van der Waals surface area contributed by atoms with E-state index in [1.807, 2.05) is 54.2 Å². The van der Waals surface area contributed by atoms with E-state index in [-0.39, 0.29) is 5.91 Å². The van der Waals surface area contributed by atoms with Crippen LogP contribution in [0.2, 0.25) is 0 Å². The van der Waals surface area contributed by atoms with Crippen molar-refractivity contribution >= 4 is 5.91 Å². The van der Waals surface area contributed by atoms with Crippen LogP contribution in [0, 0.1) is 0 Å². The number of nitrogens with zero attached hydrogens (tertiary/aromatic N) is 2. The second-order valence-corrected chi connectivity index (χ2v) is 4.83. The highest BCUT2D eigenvalue weighted by atomic mass is 16.5. The smallest absolute Gasteiger partial charge is 0.271 e. The third kappa shape index (κ3) is 3.54. The Labute approximate surface area is 125 Å². The number of hydrogen-bond donors (Lipinski definition) is 0. The first-order chi connectivity index (χ1) is 10.2. The Balaban J connectivity index is 2.20. The summed E-state index contributed by atoms with van der Waals surface area (Å²) in [4.78, 5) is 14.4. The molecule has 0 fully saturated rings. The number of hydrogen-bond acceptors (Lipinski definition) is 2. The highest BCUT2D eigenvalue weighted by Gasteiger charge is 2.17. The molecule has 0 radical (unpaired) electrons. The van der Waals surface area contributed by atoms with Crippen LogP contribution < -0.4 is 4.74 Å². The minimum Gasteiger partial charge on any atom is -0.497 e. The van der Waals surface area contributed by atoms with Crippen molar-refractivity contribution in [3.05, 3.63) is 66.5 Å². The molecule has 0 bridgehead atoms. The highest BCUT2D eigenvalue weighted by Crippen LogP contribution is 2.16. The average Bonchev–Trinajstić information content (AvgIpc) is 2.92. The maximum absolute atomic E-state index is 12.6. The van der Waals surface area contributed by atoms with Gasteiger partial charge in [0.2, 0.25) is 0 Å². The molecule has 0 saturated carbocycles. The lowest BCUT2D eigenvalue weighted by molar-refractivity contribution is 0.0753. The molecule has 2 rings (SSSR count). The van der Waals surface area contributed by atoms with Crippen molar-refractivity contribution in [1.29, 1.82) is 0 Å². The molecule has 1 aromatic carbocycles. The molecule has 21 heavy (non-hydrogen) atoms. The van der Waals surface area contributed by atoms with E-state index in [0.29, 0.717) is 18.8 Å². The van der Waals surface area contributed by atoms with Crippen molar-refractivity contribution in [2.24, 2.45) is 7.05 Å². The molecule has 110 valence electrons. The van der Waals surface area contributed by atoms with E-state index in [9.17, 15) is 4.79 Å². The number of methoxy groups -OCH3 is 1. The molecule has 0 saturated heterocycles. The summed E-state index contributed by atoms with van der Waals surface area (Å²) in [5.74, 6) is 0.780. The van der Waals surface area contributed by atoms with E-state index in [4.69, 9.17) is 4.74 Å². The molecule has 0 unspecified atom stereocenters. The zero-order chi connectivity index (χ0) is 15.2. The molecule has 0 aliphatic rings. The zero-order valence-electron chi connectivity index (χ0n) is 12.5. The van der Waals surface area contributed by atoms with Crippen molar-refractivity contribution in [3.63, 3.8) is 0 Å². The predicted molar refractivity (Wildman–Crippen MR) is 83.3 cm³/mol.